The van der Waals surface area contributed by atoms with E-state index in [1.54, 1.807) is 0 Å². The minimum absolute atomic E-state index is 0.189. The van der Waals surface area contributed by atoms with Gasteiger partial charge in [0.05, 0.1) is 0 Å². The number of carbonyl (C=O) groups excluding carboxylic acids is 1. The fourth-order valence-corrected chi connectivity index (χ4v) is 2.59. The van der Waals surface area contributed by atoms with Gasteiger partial charge in [-0.15, -0.1) is 0 Å². The second-order valence-electron chi connectivity index (χ2n) is 6.02. The molecular weight excluding hydrogens is 248 g/mol. The van der Waals surface area contributed by atoms with Crippen molar-refractivity contribution in [2.24, 2.45) is 5.92 Å². The Morgan fingerprint density at radius 3 is 2.55 bits per heavy atom. The van der Waals surface area contributed by atoms with Crippen LogP contribution in [0.2, 0.25) is 0 Å². The van der Waals surface area contributed by atoms with Gasteiger partial charge in [-0.3, -0.25) is 4.79 Å². The molecule has 1 fully saturated rings. The van der Waals surface area contributed by atoms with Gasteiger partial charge in [-0.1, -0.05) is 38.1 Å². The molecule has 20 heavy (non-hydrogen) atoms. The molecule has 1 aliphatic rings. The third-order valence-electron chi connectivity index (χ3n) is 4.06. The Morgan fingerprint density at radius 2 is 1.95 bits per heavy atom. The number of nitrogens with one attached hydrogen (secondary N) is 2. The van der Waals surface area contributed by atoms with Gasteiger partial charge in [0.2, 0.25) is 5.91 Å². The number of benzene rings is 1. The van der Waals surface area contributed by atoms with Crippen LogP contribution in [0.25, 0.3) is 0 Å². The number of hydrogen-bond donors (Lipinski definition) is 2. The molecule has 0 heterocycles. The van der Waals surface area contributed by atoms with E-state index in [0.717, 1.165) is 25.9 Å². The first-order chi connectivity index (χ1) is 9.63. The molecule has 0 saturated heterocycles. The molecule has 1 aromatic carbocycles. The van der Waals surface area contributed by atoms with E-state index in [2.05, 4.69) is 48.7 Å². The van der Waals surface area contributed by atoms with Crippen molar-refractivity contribution in [3.63, 3.8) is 0 Å². The Kier molecular flexibility index (Phi) is 5.18. The summed E-state index contributed by atoms with van der Waals surface area (Å²) in [4.78, 5) is 12.0. The molecule has 2 atom stereocenters. The molecule has 2 N–H and O–H groups in total. The van der Waals surface area contributed by atoms with Crippen molar-refractivity contribution in [2.75, 3.05) is 20.1 Å². The lowest BCUT2D eigenvalue weighted by atomic mass is 10.00. The van der Waals surface area contributed by atoms with Crippen molar-refractivity contribution >= 4 is 5.91 Å². The molecule has 2 rings (SSSR count). The van der Waals surface area contributed by atoms with Crippen LogP contribution in [0, 0.1) is 5.92 Å². The molecule has 1 aliphatic carbocycles. The molecule has 0 aromatic heterocycles. The predicted octanol–water partition coefficient (Wildman–Crippen LogP) is 2.64. The largest absolute Gasteiger partial charge is 0.356 e. The van der Waals surface area contributed by atoms with E-state index in [1.807, 2.05) is 7.05 Å². The lowest BCUT2D eigenvalue weighted by Crippen LogP contribution is -2.28. The second kappa shape index (κ2) is 6.89. The van der Waals surface area contributed by atoms with Gasteiger partial charge in [-0.05, 0) is 49.4 Å². The maximum Gasteiger partial charge on any atom is 0.223 e. The summed E-state index contributed by atoms with van der Waals surface area (Å²) < 4.78 is 0. The first kappa shape index (κ1) is 15.0. The van der Waals surface area contributed by atoms with Crippen LogP contribution in [0.1, 0.15) is 49.7 Å². The molecule has 110 valence electrons. The van der Waals surface area contributed by atoms with Gasteiger partial charge < -0.3 is 10.6 Å². The van der Waals surface area contributed by atoms with Crippen molar-refractivity contribution in [2.45, 2.75) is 38.5 Å². The molecule has 3 nitrogen and oxygen atoms in total. The highest BCUT2D eigenvalue weighted by Gasteiger charge is 2.43. The molecular formula is C17H26N2O. The normalized spacial score (nSPS) is 21.0. The lowest BCUT2D eigenvalue weighted by molar-refractivity contribution is -0.122. The molecule has 0 spiro atoms. The predicted molar refractivity (Wildman–Crippen MR) is 82.9 cm³/mol. The van der Waals surface area contributed by atoms with Gasteiger partial charge in [0, 0.05) is 12.5 Å². The van der Waals surface area contributed by atoms with Gasteiger partial charge in [0.15, 0.2) is 0 Å². The molecule has 0 radical (unpaired) electrons. The monoisotopic (exact) mass is 274 g/mol. The van der Waals surface area contributed by atoms with Crippen LogP contribution in [0.15, 0.2) is 24.3 Å². The van der Waals surface area contributed by atoms with Crippen LogP contribution in [-0.2, 0) is 4.79 Å². The summed E-state index contributed by atoms with van der Waals surface area (Å²) in [7, 11) is 1.93. The Balaban J connectivity index is 1.80. The van der Waals surface area contributed by atoms with E-state index in [9.17, 15) is 4.79 Å². The topological polar surface area (TPSA) is 41.1 Å². The Morgan fingerprint density at radius 1 is 1.25 bits per heavy atom. The second-order valence-corrected chi connectivity index (χ2v) is 6.02. The number of rotatable bonds is 7. The highest BCUT2D eigenvalue weighted by Crippen LogP contribution is 2.47. The quantitative estimate of drug-likeness (QED) is 0.751. The molecule has 0 aliphatic heterocycles. The number of carbonyl (C=O) groups is 1. The van der Waals surface area contributed by atoms with Crippen molar-refractivity contribution < 1.29 is 4.79 Å². The van der Waals surface area contributed by atoms with Crippen molar-refractivity contribution in [3.05, 3.63) is 35.4 Å². The maximum absolute atomic E-state index is 12.0. The van der Waals surface area contributed by atoms with Crippen LogP contribution in [-0.4, -0.2) is 26.0 Å². The van der Waals surface area contributed by atoms with Gasteiger partial charge in [-0.2, -0.15) is 0 Å². The summed E-state index contributed by atoms with van der Waals surface area (Å²) in [6.07, 6.45) is 1.99. The fraction of sp³-hybridized carbons (Fsp3) is 0.588. The number of hydrogen-bond acceptors (Lipinski definition) is 2. The highest BCUT2D eigenvalue weighted by molar-refractivity contribution is 5.82. The first-order valence-corrected chi connectivity index (χ1v) is 7.65. The van der Waals surface area contributed by atoms with Gasteiger partial charge in [0.1, 0.15) is 0 Å². The van der Waals surface area contributed by atoms with Crippen molar-refractivity contribution in [1.29, 1.82) is 0 Å². The van der Waals surface area contributed by atoms with E-state index in [1.165, 1.54) is 11.1 Å². The minimum Gasteiger partial charge on any atom is -0.356 e. The molecule has 0 bridgehead atoms. The van der Waals surface area contributed by atoms with Crippen LogP contribution in [0.3, 0.4) is 0 Å². The zero-order valence-corrected chi connectivity index (χ0v) is 12.8. The Hall–Kier alpha value is -1.35. The molecule has 1 saturated carbocycles. The van der Waals surface area contributed by atoms with Gasteiger partial charge >= 0.3 is 0 Å². The average molecular weight is 274 g/mol. The van der Waals surface area contributed by atoms with Gasteiger partial charge in [0.25, 0.3) is 0 Å². The summed E-state index contributed by atoms with van der Waals surface area (Å²) in [5.74, 6) is 1.41. The van der Waals surface area contributed by atoms with E-state index in [0.29, 0.717) is 11.8 Å². The minimum atomic E-state index is 0.189. The van der Waals surface area contributed by atoms with Crippen LogP contribution in [0.4, 0.5) is 0 Å². The Bertz CT molecular complexity index is 439. The van der Waals surface area contributed by atoms with E-state index in [4.69, 9.17) is 0 Å². The lowest BCUT2D eigenvalue weighted by Gasteiger charge is -2.07. The summed E-state index contributed by atoms with van der Waals surface area (Å²) in [6, 6.07) is 8.77. The summed E-state index contributed by atoms with van der Waals surface area (Å²) in [6.45, 7) is 6.13. The summed E-state index contributed by atoms with van der Waals surface area (Å²) in [5, 5.41) is 6.11. The van der Waals surface area contributed by atoms with Crippen molar-refractivity contribution in [1.82, 2.24) is 10.6 Å². The third-order valence-corrected chi connectivity index (χ3v) is 4.06. The van der Waals surface area contributed by atoms with Crippen LogP contribution < -0.4 is 10.6 Å². The van der Waals surface area contributed by atoms with Crippen LogP contribution >= 0.6 is 0 Å². The van der Waals surface area contributed by atoms with E-state index >= 15 is 0 Å². The Labute approximate surface area is 122 Å². The first-order valence-electron chi connectivity index (χ1n) is 7.65. The van der Waals surface area contributed by atoms with Crippen LogP contribution in [0.5, 0.6) is 0 Å². The SMILES string of the molecule is CNCCCNC(=O)C1CC1c1ccc(C(C)C)cc1. The molecule has 1 amide bonds. The summed E-state index contributed by atoms with van der Waals surface area (Å²) >= 11 is 0. The average Bonchev–Trinajstić information content (AvgIpc) is 3.24. The standard InChI is InChI=1S/C17H26N2O/c1-12(2)13-5-7-14(8-6-13)15-11-16(15)17(20)19-10-4-9-18-3/h5-8,12,15-16,18H,4,9-11H2,1-3H3,(H,19,20). The van der Waals surface area contributed by atoms with E-state index in [-0.39, 0.29) is 11.8 Å². The zero-order valence-electron chi connectivity index (χ0n) is 12.8. The third kappa shape index (κ3) is 3.83. The maximum atomic E-state index is 12.0. The number of amides is 1. The summed E-state index contributed by atoms with van der Waals surface area (Å²) in [5.41, 5.74) is 2.67. The van der Waals surface area contributed by atoms with E-state index < -0.39 is 0 Å². The highest BCUT2D eigenvalue weighted by atomic mass is 16.2. The fourth-order valence-electron chi connectivity index (χ4n) is 2.59. The zero-order chi connectivity index (χ0) is 14.5. The molecule has 1 aromatic rings. The smallest absolute Gasteiger partial charge is 0.223 e. The van der Waals surface area contributed by atoms with Crippen molar-refractivity contribution in [3.8, 4) is 0 Å². The molecule has 2 unspecified atom stereocenters. The molecule has 3 heteroatoms. The van der Waals surface area contributed by atoms with Gasteiger partial charge in [-0.25, -0.2) is 0 Å².